The van der Waals surface area contributed by atoms with Crippen molar-refractivity contribution in [3.05, 3.63) is 53.7 Å². The fourth-order valence-electron chi connectivity index (χ4n) is 2.07. The van der Waals surface area contributed by atoms with Crippen molar-refractivity contribution in [2.45, 2.75) is 32.9 Å². The SMILES string of the molecule is CCCNC(C)c1c(F)cccc1OCc1ccco1. The van der Waals surface area contributed by atoms with Crippen LogP contribution in [0.4, 0.5) is 4.39 Å². The minimum atomic E-state index is -0.252. The maximum atomic E-state index is 14.1. The molecule has 0 amide bonds. The first-order valence-electron chi connectivity index (χ1n) is 6.89. The highest BCUT2D eigenvalue weighted by molar-refractivity contribution is 5.37. The molecule has 108 valence electrons. The van der Waals surface area contributed by atoms with Crippen LogP contribution in [0.5, 0.6) is 5.75 Å². The van der Waals surface area contributed by atoms with Gasteiger partial charge in [0.15, 0.2) is 0 Å². The van der Waals surface area contributed by atoms with E-state index < -0.39 is 0 Å². The van der Waals surface area contributed by atoms with Gasteiger partial charge in [0.2, 0.25) is 0 Å². The van der Waals surface area contributed by atoms with Crippen LogP contribution in [0.3, 0.4) is 0 Å². The predicted molar refractivity (Wildman–Crippen MR) is 76.1 cm³/mol. The molecular formula is C16H20FNO2. The first-order chi connectivity index (χ1) is 9.72. The van der Waals surface area contributed by atoms with Gasteiger partial charge in [-0.05, 0) is 44.2 Å². The van der Waals surface area contributed by atoms with Gasteiger partial charge in [0.25, 0.3) is 0 Å². The number of benzene rings is 1. The standard InChI is InChI=1S/C16H20FNO2/c1-3-9-18-12(2)16-14(17)7-4-8-15(16)20-11-13-6-5-10-19-13/h4-8,10,12,18H,3,9,11H2,1-2H3. The zero-order valence-electron chi connectivity index (χ0n) is 11.9. The summed E-state index contributed by atoms with van der Waals surface area (Å²) >= 11 is 0. The van der Waals surface area contributed by atoms with Gasteiger partial charge in [-0.3, -0.25) is 0 Å². The minimum absolute atomic E-state index is 0.0947. The summed E-state index contributed by atoms with van der Waals surface area (Å²) in [5.41, 5.74) is 0.563. The van der Waals surface area contributed by atoms with E-state index >= 15 is 0 Å². The van der Waals surface area contributed by atoms with E-state index in [9.17, 15) is 4.39 Å². The van der Waals surface area contributed by atoms with E-state index in [0.29, 0.717) is 17.9 Å². The molecule has 0 aliphatic heterocycles. The summed E-state index contributed by atoms with van der Waals surface area (Å²) in [6.45, 7) is 5.15. The fraction of sp³-hybridized carbons (Fsp3) is 0.375. The summed E-state index contributed by atoms with van der Waals surface area (Å²) in [6.07, 6.45) is 2.60. The third-order valence-electron chi connectivity index (χ3n) is 3.10. The molecule has 0 saturated carbocycles. The van der Waals surface area contributed by atoms with Gasteiger partial charge in [-0.15, -0.1) is 0 Å². The normalized spacial score (nSPS) is 12.3. The Balaban J connectivity index is 2.12. The molecule has 1 aromatic heterocycles. The van der Waals surface area contributed by atoms with E-state index in [-0.39, 0.29) is 11.9 Å². The van der Waals surface area contributed by atoms with Crippen LogP contribution in [0.25, 0.3) is 0 Å². The van der Waals surface area contributed by atoms with Gasteiger partial charge in [0.1, 0.15) is 23.9 Å². The molecule has 0 saturated heterocycles. The van der Waals surface area contributed by atoms with E-state index in [1.54, 1.807) is 24.5 Å². The van der Waals surface area contributed by atoms with Crippen LogP contribution in [-0.4, -0.2) is 6.54 Å². The highest BCUT2D eigenvalue weighted by atomic mass is 19.1. The molecule has 4 heteroatoms. The average Bonchev–Trinajstić information content (AvgIpc) is 2.95. The topological polar surface area (TPSA) is 34.4 Å². The highest BCUT2D eigenvalue weighted by Crippen LogP contribution is 2.28. The molecule has 1 heterocycles. The lowest BCUT2D eigenvalue weighted by atomic mass is 10.1. The van der Waals surface area contributed by atoms with Crippen LogP contribution in [0.15, 0.2) is 41.0 Å². The van der Waals surface area contributed by atoms with Crippen LogP contribution in [0.1, 0.15) is 37.6 Å². The van der Waals surface area contributed by atoms with E-state index in [2.05, 4.69) is 12.2 Å². The van der Waals surface area contributed by atoms with Crippen molar-refractivity contribution < 1.29 is 13.5 Å². The van der Waals surface area contributed by atoms with Crippen molar-refractivity contribution >= 4 is 0 Å². The van der Waals surface area contributed by atoms with Gasteiger partial charge in [-0.1, -0.05) is 13.0 Å². The average molecular weight is 277 g/mol. The molecule has 20 heavy (non-hydrogen) atoms. The number of halogens is 1. The van der Waals surface area contributed by atoms with E-state index in [1.807, 2.05) is 13.0 Å². The van der Waals surface area contributed by atoms with Gasteiger partial charge in [0.05, 0.1) is 6.26 Å². The zero-order valence-corrected chi connectivity index (χ0v) is 11.9. The van der Waals surface area contributed by atoms with Crippen molar-refractivity contribution in [2.24, 2.45) is 0 Å². The van der Waals surface area contributed by atoms with Crippen LogP contribution in [-0.2, 0) is 6.61 Å². The smallest absolute Gasteiger partial charge is 0.146 e. The van der Waals surface area contributed by atoms with Crippen molar-refractivity contribution in [2.75, 3.05) is 6.54 Å². The Morgan fingerprint density at radius 1 is 1.30 bits per heavy atom. The Hall–Kier alpha value is -1.81. The van der Waals surface area contributed by atoms with Crippen molar-refractivity contribution in [3.63, 3.8) is 0 Å². The maximum Gasteiger partial charge on any atom is 0.146 e. The van der Waals surface area contributed by atoms with E-state index in [1.165, 1.54) is 6.07 Å². The summed E-state index contributed by atoms with van der Waals surface area (Å²) in [4.78, 5) is 0. The number of nitrogens with one attached hydrogen (secondary N) is 1. The number of hydrogen-bond acceptors (Lipinski definition) is 3. The molecule has 0 fully saturated rings. The molecule has 0 radical (unpaired) electrons. The molecule has 0 aliphatic rings. The first-order valence-corrected chi connectivity index (χ1v) is 6.89. The van der Waals surface area contributed by atoms with E-state index in [0.717, 1.165) is 18.7 Å². The lowest BCUT2D eigenvalue weighted by Crippen LogP contribution is -2.21. The number of furan rings is 1. The molecule has 1 aromatic carbocycles. The Morgan fingerprint density at radius 3 is 2.85 bits per heavy atom. The number of hydrogen-bond donors (Lipinski definition) is 1. The lowest BCUT2D eigenvalue weighted by Gasteiger charge is -2.18. The van der Waals surface area contributed by atoms with Crippen LogP contribution >= 0.6 is 0 Å². The van der Waals surface area contributed by atoms with E-state index in [4.69, 9.17) is 9.15 Å². The molecule has 2 rings (SSSR count). The van der Waals surface area contributed by atoms with Crippen LogP contribution in [0.2, 0.25) is 0 Å². The van der Waals surface area contributed by atoms with Gasteiger partial charge in [-0.25, -0.2) is 4.39 Å². The Kier molecular flexibility index (Phi) is 5.18. The molecule has 1 N–H and O–H groups in total. The monoisotopic (exact) mass is 277 g/mol. The third-order valence-corrected chi connectivity index (χ3v) is 3.10. The second-order valence-corrected chi connectivity index (χ2v) is 4.70. The molecule has 2 aromatic rings. The molecular weight excluding hydrogens is 257 g/mol. The fourth-order valence-corrected chi connectivity index (χ4v) is 2.07. The summed E-state index contributed by atoms with van der Waals surface area (Å²) in [5, 5.41) is 3.28. The second-order valence-electron chi connectivity index (χ2n) is 4.70. The van der Waals surface area contributed by atoms with Crippen LogP contribution in [0, 0.1) is 5.82 Å². The summed E-state index contributed by atoms with van der Waals surface area (Å²) in [5.74, 6) is 1.02. The highest BCUT2D eigenvalue weighted by Gasteiger charge is 2.16. The molecule has 0 aliphatic carbocycles. The lowest BCUT2D eigenvalue weighted by molar-refractivity contribution is 0.263. The molecule has 0 bridgehead atoms. The largest absolute Gasteiger partial charge is 0.485 e. The number of ether oxygens (including phenoxy) is 1. The molecule has 0 spiro atoms. The van der Waals surface area contributed by atoms with Gasteiger partial charge < -0.3 is 14.5 Å². The van der Waals surface area contributed by atoms with Gasteiger partial charge >= 0.3 is 0 Å². The van der Waals surface area contributed by atoms with Crippen molar-refractivity contribution in [3.8, 4) is 5.75 Å². The minimum Gasteiger partial charge on any atom is -0.485 e. The maximum absolute atomic E-state index is 14.1. The second kappa shape index (κ2) is 7.10. The predicted octanol–water partition coefficient (Wildman–Crippen LogP) is 4.06. The summed E-state index contributed by atoms with van der Waals surface area (Å²) < 4.78 is 25.0. The third kappa shape index (κ3) is 3.61. The Morgan fingerprint density at radius 2 is 2.15 bits per heavy atom. The summed E-state index contributed by atoms with van der Waals surface area (Å²) in [7, 11) is 0. The summed E-state index contributed by atoms with van der Waals surface area (Å²) in [6, 6.07) is 8.43. The zero-order chi connectivity index (χ0) is 14.4. The Bertz CT molecular complexity index is 525. The van der Waals surface area contributed by atoms with Crippen molar-refractivity contribution in [1.29, 1.82) is 0 Å². The molecule has 1 atom stereocenters. The molecule has 1 unspecified atom stereocenters. The van der Waals surface area contributed by atoms with Crippen LogP contribution < -0.4 is 10.1 Å². The Labute approximate surface area is 118 Å². The first kappa shape index (κ1) is 14.6. The number of rotatable bonds is 7. The van der Waals surface area contributed by atoms with Crippen molar-refractivity contribution in [1.82, 2.24) is 5.32 Å². The van der Waals surface area contributed by atoms with Gasteiger partial charge in [0, 0.05) is 11.6 Å². The van der Waals surface area contributed by atoms with Gasteiger partial charge in [-0.2, -0.15) is 0 Å². The quantitative estimate of drug-likeness (QED) is 0.828. The molecule has 3 nitrogen and oxygen atoms in total.